The second-order valence-corrected chi connectivity index (χ2v) is 5.93. The number of carbonyl (C=O) groups is 2. The Hall–Kier alpha value is -0.860. The number of unbranched alkanes of at least 4 members (excludes halogenated alkanes) is 10. The van der Waals surface area contributed by atoms with Gasteiger partial charge in [0.1, 0.15) is 6.29 Å². The summed E-state index contributed by atoms with van der Waals surface area (Å²) in [6.07, 6.45) is 15.7. The highest BCUT2D eigenvalue weighted by atomic mass is 16.4. The molecule has 1 atom stereocenters. The zero-order valence-corrected chi connectivity index (χ0v) is 13.1. The normalized spacial score (nSPS) is 12.2. The highest BCUT2D eigenvalue weighted by Gasteiger charge is 1.99. The van der Waals surface area contributed by atoms with Gasteiger partial charge in [-0.05, 0) is 12.8 Å². The summed E-state index contributed by atoms with van der Waals surface area (Å²) in [4.78, 5) is 20.8. The third-order valence-electron chi connectivity index (χ3n) is 3.78. The summed E-state index contributed by atoms with van der Waals surface area (Å²) in [5.74, 6) is -0.441. The molecule has 0 aliphatic heterocycles. The lowest BCUT2D eigenvalue weighted by Gasteiger charge is -2.04. The minimum absolute atomic E-state index is 0.233. The van der Waals surface area contributed by atoms with E-state index in [-0.39, 0.29) is 5.92 Å². The van der Waals surface area contributed by atoms with Crippen LogP contribution in [0.25, 0.3) is 0 Å². The number of carbonyl (C=O) groups excluding carboxylic acids is 1. The van der Waals surface area contributed by atoms with E-state index < -0.39 is 5.97 Å². The summed E-state index contributed by atoms with van der Waals surface area (Å²) >= 11 is 0. The van der Waals surface area contributed by atoms with Gasteiger partial charge in [0.05, 0.1) is 0 Å². The van der Waals surface area contributed by atoms with E-state index in [0.717, 1.165) is 25.5 Å². The molecule has 0 fully saturated rings. The molecule has 0 aromatic rings. The van der Waals surface area contributed by atoms with Crippen molar-refractivity contribution < 1.29 is 14.7 Å². The van der Waals surface area contributed by atoms with E-state index in [2.05, 4.69) is 0 Å². The quantitative estimate of drug-likeness (QED) is 0.341. The molecule has 3 nitrogen and oxygen atoms in total. The SMILES string of the molecule is CC(C=O)CCCCCCCCCCCCCC(=O)O. The molecule has 0 spiro atoms. The first kappa shape index (κ1) is 19.1. The Morgan fingerprint density at radius 3 is 1.65 bits per heavy atom. The van der Waals surface area contributed by atoms with Crippen LogP contribution in [0.15, 0.2) is 0 Å². The Bertz CT molecular complexity index is 238. The molecular weight excluding hydrogens is 252 g/mol. The van der Waals surface area contributed by atoms with E-state index in [1.54, 1.807) is 0 Å². The summed E-state index contributed by atoms with van der Waals surface area (Å²) < 4.78 is 0. The molecule has 20 heavy (non-hydrogen) atoms. The number of aliphatic carboxylic acids is 1. The molecule has 0 amide bonds. The van der Waals surface area contributed by atoms with E-state index in [1.807, 2.05) is 6.92 Å². The second-order valence-electron chi connectivity index (χ2n) is 5.93. The lowest BCUT2D eigenvalue weighted by Crippen LogP contribution is -1.94. The van der Waals surface area contributed by atoms with Crippen LogP contribution in [0.1, 0.15) is 90.4 Å². The standard InChI is InChI=1S/C17H32O3/c1-16(15-18)13-11-9-7-5-3-2-4-6-8-10-12-14-17(19)20/h15-16H,2-14H2,1H3,(H,19,20). The van der Waals surface area contributed by atoms with Crippen molar-refractivity contribution in [1.29, 1.82) is 0 Å². The molecule has 0 aliphatic carbocycles. The van der Waals surface area contributed by atoms with Gasteiger partial charge in [-0.2, -0.15) is 0 Å². The molecule has 0 heterocycles. The first-order valence-electron chi connectivity index (χ1n) is 8.34. The second kappa shape index (κ2) is 14.5. The molecule has 3 heteroatoms. The largest absolute Gasteiger partial charge is 0.481 e. The van der Waals surface area contributed by atoms with Crippen molar-refractivity contribution in [3.05, 3.63) is 0 Å². The number of carboxylic acid groups (broad SMARTS) is 1. The smallest absolute Gasteiger partial charge is 0.303 e. The van der Waals surface area contributed by atoms with Crippen molar-refractivity contribution in [3.8, 4) is 0 Å². The van der Waals surface area contributed by atoms with Gasteiger partial charge in [0.2, 0.25) is 0 Å². The summed E-state index contributed by atoms with van der Waals surface area (Å²) in [5.41, 5.74) is 0. The zero-order valence-electron chi connectivity index (χ0n) is 13.1. The Kier molecular flexibility index (Phi) is 13.9. The number of rotatable bonds is 15. The van der Waals surface area contributed by atoms with Crippen LogP contribution < -0.4 is 0 Å². The molecule has 0 aliphatic rings. The van der Waals surface area contributed by atoms with Gasteiger partial charge in [-0.1, -0.05) is 71.1 Å². The number of hydrogen-bond donors (Lipinski definition) is 1. The molecule has 0 aromatic carbocycles. The summed E-state index contributed by atoms with van der Waals surface area (Å²) in [7, 11) is 0. The maximum absolute atomic E-state index is 10.4. The van der Waals surface area contributed by atoms with Gasteiger partial charge in [-0.15, -0.1) is 0 Å². The molecule has 0 bridgehead atoms. The van der Waals surface area contributed by atoms with Crippen molar-refractivity contribution in [1.82, 2.24) is 0 Å². The van der Waals surface area contributed by atoms with E-state index in [0.29, 0.717) is 6.42 Å². The van der Waals surface area contributed by atoms with Gasteiger partial charge >= 0.3 is 5.97 Å². The fraction of sp³-hybridized carbons (Fsp3) is 0.882. The maximum Gasteiger partial charge on any atom is 0.303 e. The van der Waals surface area contributed by atoms with Crippen molar-refractivity contribution in [3.63, 3.8) is 0 Å². The molecule has 0 saturated heterocycles. The van der Waals surface area contributed by atoms with Crippen molar-refractivity contribution >= 4 is 12.3 Å². The average molecular weight is 284 g/mol. The highest BCUT2D eigenvalue weighted by molar-refractivity contribution is 5.66. The fourth-order valence-corrected chi connectivity index (χ4v) is 2.40. The fourth-order valence-electron chi connectivity index (χ4n) is 2.40. The van der Waals surface area contributed by atoms with Crippen LogP contribution in [0.3, 0.4) is 0 Å². The van der Waals surface area contributed by atoms with E-state index >= 15 is 0 Å². The predicted octanol–water partition coefficient (Wildman–Crippen LogP) is 4.98. The first-order valence-corrected chi connectivity index (χ1v) is 8.34. The van der Waals surface area contributed by atoms with E-state index in [4.69, 9.17) is 5.11 Å². The van der Waals surface area contributed by atoms with E-state index in [9.17, 15) is 9.59 Å². The van der Waals surface area contributed by atoms with Crippen LogP contribution >= 0.6 is 0 Å². The molecule has 0 rings (SSSR count). The summed E-state index contributed by atoms with van der Waals surface area (Å²) in [5, 5.41) is 8.50. The topological polar surface area (TPSA) is 54.4 Å². The molecular formula is C17H32O3. The summed E-state index contributed by atoms with van der Waals surface area (Å²) in [6.45, 7) is 1.99. The van der Waals surface area contributed by atoms with Crippen molar-refractivity contribution in [2.24, 2.45) is 5.92 Å². The molecule has 1 unspecified atom stereocenters. The monoisotopic (exact) mass is 284 g/mol. The zero-order chi connectivity index (χ0) is 15.1. The minimum atomic E-state index is -0.674. The predicted molar refractivity (Wildman–Crippen MR) is 82.9 cm³/mol. The van der Waals surface area contributed by atoms with Crippen LogP contribution in [0.4, 0.5) is 0 Å². The average Bonchev–Trinajstić information content (AvgIpc) is 2.43. The van der Waals surface area contributed by atoms with Gasteiger partial charge in [-0.25, -0.2) is 0 Å². The first-order chi connectivity index (χ1) is 9.66. The number of hydrogen-bond acceptors (Lipinski definition) is 2. The Labute approximate surface area is 124 Å². The van der Waals surface area contributed by atoms with Crippen LogP contribution in [-0.2, 0) is 9.59 Å². The van der Waals surface area contributed by atoms with Crippen LogP contribution in [-0.4, -0.2) is 17.4 Å². The minimum Gasteiger partial charge on any atom is -0.481 e. The Morgan fingerprint density at radius 1 is 0.850 bits per heavy atom. The van der Waals surface area contributed by atoms with Gasteiger partial charge < -0.3 is 9.90 Å². The Morgan fingerprint density at radius 2 is 1.25 bits per heavy atom. The number of aldehydes is 1. The lowest BCUT2D eigenvalue weighted by molar-refractivity contribution is -0.137. The molecule has 0 radical (unpaired) electrons. The summed E-state index contributed by atoms with van der Waals surface area (Å²) in [6, 6.07) is 0. The van der Waals surface area contributed by atoms with E-state index in [1.165, 1.54) is 57.8 Å². The highest BCUT2D eigenvalue weighted by Crippen LogP contribution is 2.13. The van der Waals surface area contributed by atoms with Crippen molar-refractivity contribution in [2.75, 3.05) is 0 Å². The third kappa shape index (κ3) is 15.2. The number of carboxylic acids is 1. The van der Waals surface area contributed by atoms with Crippen LogP contribution in [0.2, 0.25) is 0 Å². The Balaban J connectivity index is 3.02. The molecule has 1 N–H and O–H groups in total. The van der Waals surface area contributed by atoms with Gasteiger partial charge in [0.15, 0.2) is 0 Å². The van der Waals surface area contributed by atoms with Crippen LogP contribution in [0, 0.1) is 5.92 Å². The van der Waals surface area contributed by atoms with Gasteiger partial charge in [0.25, 0.3) is 0 Å². The van der Waals surface area contributed by atoms with Crippen LogP contribution in [0.5, 0.6) is 0 Å². The van der Waals surface area contributed by atoms with Gasteiger partial charge in [0, 0.05) is 12.3 Å². The lowest BCUT2D eigenvalue weighted by atomic mass is 10.0. The van der Waals surface area contributed by atoms with Crippen molar-refractivity contribution in [2.45, 2.75) is 90.4 Å². The maximum atomic E-state index is 10.4. The molecule has 0 aromatic heterocycles. The molecule has 118 valence electrons. The molecule has 0 saturated carbocycles. The van der Waals surface area contributed by atoms with Gasteiger partial charge in [-0.3, -0.25) is 4.79 Å². The third-order valence-corrected chi connectivity index (χ3v) is 3.78.